The summed E-state index contributed by atoms with van der Waals surface area (Å²) >= 11 is 0. The summed E-state index contributed by atoms with van der Waals surface area (Å²) in [6.07, 6.45) is 0.819. The summed E-state index contributed by atoms with van der Waals surface area (Å²) in [5, 5.41) is 3.29. The van der Waals surface area contributed by atoms with E-state index in [1.54, 1.807) is 0 Å². The van der Waals surface area contributed by atoms with Crippen LogP contribution in [0, 0.1) is 11.6 Å². The lowest BCUT2D eigenvalue weighted by Gasteiger charge is -2.32. The molecule has 2 nitrogen and oxygen atoms in total. The zero-order chi connectivity index (χ0) is 10.4. The van der Waals surface area contributed by atoms with Gasteiger partial charge in [0.2, 0.25) is 0 Å². The molecular weight excluding hydrogens is 234 g/mol. The SMILES string of the molecule is Cl.Fc1cc2c(cc1F)N1CCNCC1C2. The molecule has 1 unspecified atom stereocenters. The molecule has 1 N–H and O–H groups in total. The molecule has 0 radical (unpaired) electrons. The van der Waals surface area contributed by atoms with Gasteiger partial charge in [-0.2, -0.15) is 0 Å². The van der Waals surface area contributed by atoms with Crippen LogP contribution < -0.4 is 10.2 Å². The van der Waals surface area contributed by atoms with Gasteiger partial charge in [-0.1, -0.05) is 0 Å². The Hall–Kier alpha value is -0.870. The van der Waals surface area contributed by atoms with Crippen molar-refractivity contribution in [1.82, 2.24) is 5.32 Å². The lowest BCUT2D eigenvalue weighted by atomic mass is 10.1. The van der Waals surface area contributed by atoms with Gasteiger partial charge in [-0.05, 0) is 18.1 Å². The summed E-state index contributed by atoms with van der Waals surface area (Å²) in [6.45, 7) is 2.69. The third kappa shape index (κ3) is 1.66. The molecule has 0 aliphatic carbocycles. The molecule has 0 saturated carbocycles. The van der Waals surface area contributed by atoms with E-state index in [1.807, 2.05) is 0 Å². The van der Waals surface area contributed by atoms with E-state index < -0.39 is 11.6 Å². The highest BCUT2D eigenvalue weighted by molar-refractivity contribution is 5.85. The Morgan fingerprint density at radius 1 is 1.25 bits per heavy atom. The smallest absolute Gasteiger partial charge is 0.160 e. The van der Waals surface area contributed by atoms with Crippen LogP contribution in [0.25, 0.3) is 0 Å². The van der Waals surface area contributed by atoms with Crippen LogP contribution in [0.1, 0.15) is 5.56 Å². The highest BCUT2D eigenvalue weighted by Crippen LogP contribution is 2.34. The molecule has 5 heteroatoms. The predicted octanol–water partition coefficient (Wildman–Crippen LogP) is 1.72. The second-order valence-electron chi connectivity index (χ2n) is 4.15. The van der Waals surface area contributed by atoms with Gasteiger partial charge in [-0.3, -0.25) is 0 Å². The summed E-state index contributed by atoms with van der Waals surface area (Å²) in [6, 6.07) is 3.04. The Morgan fingerprint density at radius 2 is 2.00 bits per heavy atom. The third-order valence-corrected chi connectivity index (χ3v) is 3.24. The van der Waals surface area contributed by atoms with Gasteiger partial charge in [0, 0.05) is 37.4 Å². The van der Waals surface area contributed by atoms with Crippen molar-refractivity contribution in [1.29, 1.82) is 0 Å². The van der Waals surface area contributed by atoms with Gasteiger partial charge in [0.15, 0.2) is 11.6 Å². The predicted molar refractivity (Wildman–Crippen MR) is 61.3 cm³/mol. The number of piperazine rings is 1. The number of halogens is 3. The second kappa shape index (κ2) is 4.18. The first kappa shape index (κ1) is 11.6. The molecular formula is C11H13ClF2N2. The highest BCUT2D eigenvalue weighted by atomic mass is 35.5. The van der Waals surface area contributed by atoms with Crippen LogP contribution >= 0.6 is 12.4 Å². The molecule has 2 aliphatic rings. The molecule has 1 aromatic carbocycles. The van der Waals surface area contributed by atoms with Crippen LogP contribution in [-0.2, 0) is 6.42 Å². The highest BCUT2D eigenvalue weighted by Gasteiger charge is 2.32. The Morgan fingerprint density at radius 3 is 2.81 bits per heavy atom. The summed E-state index contributed by atoms with van der Waals surface area (Å²) < 4.78 is 26.2. The van der Waals surface area contributed by atoms with Gasteiger partial charge in [-0.25, -0.2) is 8.78 Å². The van der Waals surface area contributed by atoms with Crippen LogP contribution in [0.4, 0.5) is 14.5 Å². The van der Waals surface area contributed by atoms with Crippen LogP contribution in [0.3, 0.4) is 0 Å². The van der Waals surface area contributed by atoms with Gasteiger partial charge in [0.05, 0.1) is 0 Å². The van der Waals surface area contributed by atoms with Crippen molar-refractivity contribution >= 4 is 18.1 Å². The number of hydrogen-bond acceptors (Lipinski definition) is 2. The minimum Gasteiger partial charge on any atom is -0.365 e. The Labute approximate surface area is 99.0 Å². The maximum Gasteiger partial charge on any atom is 0.160 e. The van der Waals surface area contributed by atoms with Crippen molar-refractivity contribution in [2.75, 3.05) is 24.5 Å². The number of nitrogens with zero attached hydrogens (tertiary/aromatic N) is 1. The molecule has 2 aliphatic heterocycles. The molecule has 2 heterocycles. The molecule has 0 bridgehead atoms. The van der Waals surface area contributed by atoms with Crippen molar-refractivity contribution in [2.24, 2.45) is 0 Å². The van der Waals surface area contributed by atoms with E-state index in [9.17, 15) is 8.78 Å². The number of hydrogen-bond donors (Lipinski definition) is 1. The van der Waals surface area contributed by atoms with E-state index in [-0.39, 0.29) is 12.4 Å². The van der Waals surface area contributed by atoms with Crippen LogP contribution in [0.15, 0.2) is 12.1 Å². The van der Waals surface area contributed by atoms with Crippen molar-refractivity contribution in [3.63, 3.8) is 0 Å². The average molecular weight is 247 g/mol. The summed E-state index contributed by atoms with van der Waals surface area (Å²) in [7, 11) is 0. The van der Waals surface area contributed by atoms with E-state index in [2.05, 4.69) is 10.2 Å². The van der Waals surface area contributed by atoms with Gasteiger partial charge in [0.25, 0.3) is 0 Å². The minimum absolute atomic E-state index is 0. The zero-order valence-corrected chi connectivity index (χ0v) is 9.49. The first-order chi connectivity index (χ1) is 7.25. The standard InChI is InChI=1S/C11H12F2N2.ClH/c12-9-4-7-3-8-6-14-1-2-15(8)11(7)5-10(9)13;/h4-5,8,14H,1-3,6H2;1H. The van der Waals surface area contributed by atoms with Crippen molar-refractivity contribution < 1.29 is 8.78 Å². The van der Waals surface area contributed by atoms with Gasteiger partial charge in [-0.15, -0.1) is 12.4 Å². The molecule has 0 spiro atoms. The van der Waals surface area contributed by atoms with Crippen LogP contribution in [0.2, 0.25) is 0 Å². The Bertz CT molecular complexity index is 411. The lowest BCUT2D eigenvalue weighted by molar-refractivity contribution is 0.494. The van der Waals surface area contributed by atoms with E-state index >= 15 is 0 Å². The quantitative estimate of drug-likeness (QED) is 0.750. The maximum atomic E-state index is 13.1. The fourth-order valence-corrected chi connectivity index (χ4v) is 2.52. The van der Waals surface area contributed by atoms with Crippen LogP contribution in [0.5, 0.6) is 0 Å². The fourth-order valence-electron chi connectivity index (χ4n) is 2.52. The first-order valence-electron chi connectivity index (χ1n) is 5.21. The molecule has 0 amide bonds. The molecule has 1 aromatic rings. The number of rotatable bonds is 0. The number of fused-ring (bicyclic) bond motifs is 3. The number of nitrogens with one attached hydrogen (secondary N) is 1. The van der Waals surface area contributed by atoms with E-state index in [0.29, 0.717) is 6.04 Å². The lowest BCUT2D eigenvalue weighted by Crippen LogP contribution is -2.49. The van der Waals surface area contributed by atoms with Crippen LogP contribution in [-0.4, -0.2) is 25.7 Å². The van der Waals surface area contributed by atoms with Crippen molar-refractivity contribution in [2.45, 2.75) is 12.5 Å². The molecule has 1 fully saturated rings. The zero-order valence-electron chi connectivity index (χ0n) is 8.67. The fraction of sp³-hybridized carbons (Fsp3) is 0.455. The van der Waals surface area contributed by atoms with Crippen molar-refractivity contribution in [3.8, 4) is 0 Å². The molecule has 16 heavy (non-hydrogen) atoms. The van der Waals surface area contributed by atoms with Gasteiger partial charge >= 0.3 is 0 Å². The van der Waals surface area contributed by atoms with E-state index in [4.69, 9.17) is 0 Å². The summed E-state index contributed by atoms with van der Waals surface area (Å²) in [4.78, 5) is 2.17. The first-order valence-corrected chi connectivity index (χ1v) is 5.21. The van der Waals surface area contributed by atoms with Gasteiger partial charge in [0.1, 0.15) is 0 Å². The molecule has 1 atom stereocenters. The third-order valence-electron chi connectivity index (χ3n) is 3.24. The Kier molecular flexibility index (Phi) is 3.04. The number of benzene rings is 1. The molecule has 3 rings (SSSR count). The number of anilines is 1. The Balaban J connectivity index is 0.000000963. The average Bonchev–Trinajstić information content (AvgIpc) is 2.57. The normalized spacial score (nSPS) is 22.4. The molecule has 88 valence electrons. The van der Waals surface area contributed by atoms with Gasteiger partial charge < -0.3 is 10.2 Å². The van der Waals surface area contributed by atoms with E-state index in [0.717, 1.165) is 37.3 Å². The largest absolute Gasteiger partial charge is 0.365 e. The summed E-state index contributed by atoms with van der Waals surface area (Å²) in [5.74, 6) is -1.48. The maximum absolute atomic E-state index is 13.1. The van der Waals surface area contributed by atoms with E-state index in [1.165, 1.54) is 12.1 Å². The van der Waals surface area contributed by atoms with Crippen molar-refractivity contribution in [3.05, 3.63) is 29.3 Å². The topological polar surface area (TPSA) is 15.3 Å². The minimum atomic E-state index is -0.743. The second-order valence-corrected chi connectivity index (χ2v) is 4.15. The molecule has 1 saturated heterocycles. The summed E-state index contributed by atoms with van der Waals surface area (Å²) in [5.41, 5.74) is 1.81. The molecule has 0 aromatic heterocycles. The monoisotopic (exact) mass is 246 g/mol.